The SMILES string of the molecule is CCCC(CC)CN(C(=O)O)c1ccc([N+](=O)[O-])cc1. The summed E-state index contributed by atoms with van der Waals surface area (Å²) in [5.41, 5.74) is 0.428. The molecule has 1 unspecified atom stereocenters. The Morgan fingerprint density at radius 1 is 1.35 bits per heavy atom. The molecule has 0 radical (unpaired) electrons. The van der Waals surface area contributed by atoms with Gasteiger partial charge in [0.15, 0.2) is 0 Å². The van der Waals surface area contributed by atoms with Gasteiger partial charge in [0.05, 0.1) is 4.92 Å². The average Bonchev–Trinajstić information content (AvgIpc) is 2.43. The highest BCUT2D eigenvalue weighted by atomic mass is 16.6. The van der Waals surface area contributed by atoms with Crippen LogP contribution in [-0.4, -0.2) is 22.7 Å². The Hall–Kier alpha value is -2.11. The van der Waals surface area contributed by atoms with Gasteiger partial charge in [-0.1, -0.05) is 26.7 Å². The summed E-state index contributed by atoms with van der Waals surface area (Å²) in [6.45, 7) is 4.52. The van der Waals surface area contributed by atoms with E-state index in [9.17, 15) is 20.0 Å². The Morgan fingerprint density at radius 2 is 1.95 bits per heavy atom. The van der Waals surface area contributed by atoms with Crippen LogP contribution in [0.1, 0.15) is 33.1 Å². The number of rotatable bonds is 7. The molecule has 0 aliphatic rings. The highest BCUT2D eigenvalue weighted by molar-refractivity contribution is 5.86. The topological polar surface area (TPSA) is 83.7 Å². The number of nitro benzene ring substituents is 1. The van der Waals surface area contributed by atoms with E-state index >= 15 is 0 Å². The summed E-state index contributed by atoms with van der Waals surface area (Å²) in [6.07, 6.45) is 1.85. The molecule has 6 nitrogen and oxygen atoms in total. The fraction of sp³-hybridized carbons (Fsp3) is 0.500. The minimum Gasteiger partial charge on any atom is -0.465 e. The van der Waals surface area contributed by atoms with Crippen LogP contribution in [0.25, 0.3) is 0 Å². The van der Waals surface area contributed by atoms with E-state index in [0.717, 1.165) is 19.3 Å². The van der Waals surface area contributed by atoms with Gasteiger partial charge in [0.2, 0.25) is 0 Å². The Balaban J connectivity index is 2.90. The third-order valence-corrected chi connectivity index (χ3v) is 3.32. The maximum atomic E-state index is 11.4. The van der Waals surface area contributed by atoms with Crippen LogP contribution in [0.5, 0.6) is 0 Å². The zero-order chi connectivity index (χ0) is 15.1. The second kappa shape index (κ2) is 7.47. The lowest BCUT2D eigenvalue weighted by Crippen LogP contribution is -2.34. The number of hydrogen-bond acceptors (Lipinski definition) is 3. The van der Waals surface area contributed by atoms with Crippen molar-refractivity contribution in [2.24, 2.45) is 5.92 Å². The van der Waals surface area contributed by atoms with Crippen molar-refractivity contribution in [3.05, 3.63) is 34.4 Å². The summed E-state index contributed by atoms with van der Waals surface area (Å²) in [4.78, 5) is 22.7. The average molecular weight is 280 g/mol. The Labute approximate surface area is 118 Å². The maximum absolute atomic E-state index is 11.4. The lowest BCUT2D eigenvalue weighted by atomic mass is 10.00. The second-order valence-electron chi connectivity index (χ2n) is 4.73. The fourth-order valence-corrected chi connectivity index (χ4v) is 2.14. The van der Waals surface area contributed by atoms with Gasteiger partial charge < -0.3 is 5.11 Å². The third-order valence-electron chi connectivity index (χ3n) is 3.32. The molecule has 1 atom stereocenters. The van der Waals surface area contributed by atoms with Crippen LogP contribution in [0.15, 0.2) is 24.3 Å². The molecule has 0 aliphatic heterocycles. The highest BCUT2D eigenvalue weighted by Gasteiger charge is 2.19. The number of hydrogen-bond donors (Lipinski definition) is 1. The quantitative estimate of drug-likeness (QED) is 0.606. The maximum Gasteiger partial charge on any atom is 0.411 e. The minimum atomic E-state index is -1.03. The Bertz CT molecular complexity index is 459. The standard InChI is InChI=1S/C14H20N2O4/c1-3-5-11(4-2)10-15(14(17)18)12-6-8-13(9-7-12)16(19)20/h6-9,11H,3-5,10H2,1-2H3,(H,17,18). The first-order valence-electron chi connectivity index (χ1n) is 6.74. The predicted molar refractivity (Wildman–Crippen MR) is 77.2 cm³/mol. The molecule has 0 heterocycles. The van der Waals surface area contributed by atoms with Gasteiger partial charge in [0.25, 0.3) is 5.69 Å². The predicted octanol–water partition coefficient (Wildman–Crippen LogP) is 3.91. The zero-order valence-corrected chi connectivity index (χ0v) is 11.8. The van der Waals surface area contributed by atoms with Crippen molar-refractivity contribution in [3.8, 4) is 0 Å². The van der Waals surface area contributed by atoms with Gasteiger partial charge in [-0.15, -0.1) is 0 Å². The fourth-order valence-electron chi connectivity index (χ4n) is 2.14. The molecule has 0 spiro atoms. The molecule has 1 aromatic carbocycles. The largest absolute Gasteiger partial charge is 0.465 e. The molecule has 20 heavy (non-hydrogen) atoms. The molecule has 0 fully saturated rings. The van der Waals surface area contributed by atoms with Crippen LogP contribution in [0, 0.1) is 16.0 Å². The van der Waals surface area contributed by atoms with E-state index in [2.05, 4.69) is 6.92 Å². The van der Waals surface area contributed by atoms with Gasteiger partial charge in [0, 0.05) is 24.4 Å². The van der Waals surface area contributed by atoms with Crippen LogP contribution in [0.2, 0.25) is 0 Å². The molecular weight excluding hydrogens is 260 g/mol. The number of anilines is 1. The van der Waals surface area contributed by atoms with E-state index < -0.39 is 11.0 Å². The van der Waals surface area contributed by atoms with Crippen LogP contribution >= 0.6 is 0 Å². The molecule has 110 valence electrons. The molecule has 1 rings (SSSR count). The zero-order valence-electron chi connectivity index (χ0n) is 11.8. The van der Waals surface area contributed by atoms with Gasteiger partial charge in [-0.05, 0) is 24.5 Å². The van der Waals surface area contributed by atoms with E-state index in [1.807, 2.05) is 6.92 Å². The molecule has 0 saturated carbocycles. The molecule has 1 aromatic rings. The summed E-state index contributed by atoms with van der Waals surface area (Å²) in [5.74, 6) is 0.297. The van der Waals surface area contributed by atoms with Gasteiger partial charge >= 0.3 is 6.09 Å². The number of benzene rings is 1. The van der Waals surface area contributed by atoms with Crippen LogP contribution in [0.4, 0.5) is 16.2 Å². The molecule has 0 aromatic heterocycles. The third kappa shape index (κ3) is 4.22. The van der Waals surface area contributed by atoms with Crippen molar-refractivity contribution in [3.63, 3.8) is 0 Å². The summed E-state index contributed by atoms with van der Waals surface area (Å²) in [5, 5.41) is 19.9. The number of amides is 1. The number of carbonyl (C=O) groups is 1. The number of non-ortho nitro benzene ring substituents is 1. The van der Waals surface area contributed by atoms with Crippen LogP contribution in [0.3, 0.4) is 0 Å². The Kier molecular flexibility index (Phi) is 5.96. The molecule has 0 saturated heterocycles. The minimum absolute atomic E-state index is 0.0420. The lowest BCUT2D eigenvalue weighted by Gasteiger charge is -2.24. The molecule has 6 heteroatoms. The summed E-state index contributed by atoms with van der Waals surface area (Å²) >= 11 is 0. The first kappa shape index (κ1) is 15.9. The van der Waals surface area contributed by atoms with E-state index in [0.29, 0.717) is 18.2 Å². The number of carboxylic acid groups (broad SMARTS) is 1. The monoisotopic (exact) mass is 280 g/mol. The summed E-state index contributed by atoms with van der Waals surface area (Å²) in [7, 11) is 0. The molecule has 0 bridgehead atoms. The summed E-state index contributed by atoms with van der Waals surface area (Å²) in [6, 6.07) is 5.61. The van der Waals surface area contributed by atoms with Gasteiger partial charge in [-0.2, -0.15) is 0 Å². The lowest BCUT2D eigenvalue weighted by molar-refractivity contribution is -0.384. The number of nitro groups is 1. The van der Waals surface area contributed by atoms with Crippen molar-refractivity contribution in [1.82, 2.24) is 0 Å². The molecular formula is C14H20N2O4. The van der Waals surface area contributed by atoms with E-state index in [1.54, 1.807) is 0 Å². The normalized spacial score (nSPS) is 11.9. The highest BCUT2D eigenvalue weighted by Crippen LogP contribution is 2.22. The smallest absolute Gasteiger partial charge is 0.411 e. The van der Waals surface area contributed by atoms with Crippen LogP contribution < -0.4 is 4.90 Å². The van der Waals surface area contributed by atoms with Gasteiger partial charge in [-0.25, -0.2) is 4.79 Å². The second-order valence-corrected chi connectivity index (χ2v) is 4.73. The van der Waals surface area contributed by atoms with E-state index in [4.69, 9.17) is 0 Å². The van der Waals surface area contributed by atoms with Crippen LogP contribution in [-0.2, 0) is 0 Å². The Morgan fingerprint density at radius 3 is 2.35 bits per heavy atom. The molecule has 1 amide bonds. The first-order valence-corrected chi connectivity index (χ1v) is 6.74. The van der Waals surface area contributed by atoms with Crippen molar-refractivity contribution in [2.45, 2.75) is 33.1 Å². The van der Waals surface area contributed by atoms with Crippen molar-refractivity contribution >= 4 is 17.5 Å². The summed E-state index contributed by atoms with van der Waals surface area (Å²) < 4.78 is 0. The van der Waals surface area contributed by atoms with Crippen molar-refractivity contribution < 1.29 is 14.8 Å². The molecule has 1 N–H and O–H groups in total. The van der Waals surface area contributed by atoms with E-state index in [1.165, 1.54) is 29.2 Å². The first-order chi connectivity index (χ1) is 9.49. The number of nitrogens with zero attached hydrogens (tertiary/aromatic N) is 2. The van der Waals surface area contributed by atoms with E-state index in [-0.39, 0.29) is 5.69 Å². The van der Waals surface area contributed by atoms with Crippen molar-refractivity contribution in [1.29, 1.82) is 0 Å². The van der Waals surface area contributed by atoms with Gasteiger partial charge in [0.1, 0.15) is 0 Å². The van der Waals surface area contributed by atoms with Crippen molar-refractivity contribution in [2.75, 3.05) is 11.4 Å². The van der Waals surface area contributed by atoms with Gasteiger partial charge in [-0.3, -0.25) is 15.0 Å². The molecule has 0 aliphatic carbocycles.